The van der Waals surface area contributed by atoms with Crippen molar-refractivity contribution in [2.75, 3.05) is 0 Å². The predicted octanol–water partition coefficient (Wildman–Crippen LogP) is 4.21. The molecule has 1 N–H and O–H groups in total. The third kappa shape index (κ3) is 4.23. The first-order valence-electron chi connectivity index (χ1n) is 9.45. The minimum atomic E-state index is -0.207. The number of thiazole rings is 1. The number of aromatic nitrogens is 3. The van der Waals surface area contributed by atoms with Crippen LogP contribution in [0.3, 0.4) is 0 Å². The van der Waals surface area contributed by atoms with Crippen molar-refractivity contribution in [1.29, 1.82) is 0 Å². The van der Waals surface area contributed by atoms with Gasteiger partial charge in [0.05, 0.1) is 18.3 Å². The molecule has 0 bridgehead atoms. The third-order valence-corrected chi connectivity index (χ3v) is 5.49. The van der Waals surface area contributed by atoms with Gasteiger partial charge in [-0.3, -0.25) is 9.36 Å². The first kappa shape index (κ1) is 19.8. The zero-order chi connectivity index (χ0) is 21.1. The molecular formula is C22H21N5O2S. The van der Waals surface area contributed by atoms with E-state index in [0.29, 0.717) is 0 Å². The Hall–Kier alpha value is -3.52. The van der Waals surface area contributed by atoms with Crippen LogP contribution in [0, 0.1) is 20.8 Å². The van der Waals surface area contributed by atoms with Gasteiger partial charge in [0.2, 0.25) is 5.91 Å². The van der Waals surface area contributed by atoms with Gasteiger partial charge in [-0.1, -0.05) is 35.5 Å². The summed E-state index contributed by atoms with van der Waals surface area (Å²) in [6.07, 6.45) is 1.83. The van der Waals surface area contributed by atoms with E-state index in [1.54, 1.807) is 6.21 Å². The average Bonchev–Trinajstić information content (AvgIpc) is 3.43. The van der Waals surface area contributed by atoms with Gasteiger partial charge in [-0.25, -0.2) is 10.4 Å². The van der Waals surface area contributed by atoms with Crippen molar-refractivity contribution in [2.45, 2.75) is 27.2 Å². The lowest BCUT2D eigenvalue weighted by molar-refractivity contribution is -0.120. The Bertz CT molecular complexity index is 1200. The number of hydrazone groups is 1. The number of hydrogen-bond acceptors (Lipinski definition) is 6. The summed E-state index contributed by atoms with van der Waals surface area (Å²) in [7, 11) is 0. The van der Waals surface area contributed by atoms with Crippen LogP contribution in [-0.2, 0) is 11.2 Å². The molecule has 0 fully saturated rings. The van der Waals surface area contributed by atoms with E-state index in [9.17, 15) is 4.79 Å². The number of amides is 1. The zero-order valence-corrected chi connectivity index (χ0v) is 17.7. The number of carbonyl (C=O) groups is 1. The summed E-state index contributed by atoms with van der Waals surface area (Å²) in [6, 6.07) is 13.8. The van der Waals surface area contributed by atoms with Gasteiger partial charge in [0.25, 0.3) is 0 Å². The molecular weight excluding hydrogens is 398 g/mol. The maximum Gasteiger partial charge on any atom is 0.246 e. The highest BCUT2D eigenvalue weighted by atomic mass is 32.1. The second-order valence-corrected chi connectivity index (χ2v) is 7.86. The Morgan fingerprint density at radius 2 is 2.03 bits per heavy atom. The fourth-order valence-electron chi connectivity index (χ4n) is 3.21. The first-order valence-corrected chi connectivity index (χ1v) is 10.3. The van der Waals surface area contributed by atoms with E-state index < -0.39 is 0 Å². The van der Waals surface area contributed by atoms with E-state index in [1.807, 2.05) is 73.2 Å². The molecule has 0 radical (unpaired) electrons. The highest BCUT2D eigenvalue weighted by Gasteiger charge is 2.13. The normalized spacial score (nSPS) is 11.3. The second-order valence-electron chi connectivity index (χ2n) is 6.92. The monoisotopic (exact) mass is 419 g/mol. The minimum absolute atomic E-state index is 0.187. The van der Waals surface area contributed by atoms with Crippen molar-refractivity contribution in [3.8, 4) is 17.1 Å². The first-order chi connectivity index (χ1) is 14.5. The molecule has 0 aliphatic rings. The molecule has 152 valence electrons. The highest BCUT2D eigenvalue weighted by Crippen LogP contribution is 2.22. The van der Waals surface area contributed by atoms with Crippen LogP contribution >= 0.6 is 11.3 Å². The van der Waals surface area contributed by atoms with Crippen LogP contribution in [-0.4, -0.2) is 26.8 Å². The van der Waals surface area contributed by atoms with Gasteiger partial charge in [-0.15, -0.1) is 11.3 Å². The number of benzene rings is 1. The van der Waals surface area contributed by atoms with Crippen LogP contribution in [0.15, 0.2) is 57.5 Å². The van der Waals surface area contributed by atoms with Crippen molar-refractivity contribution < 1.29 is 9.32 Å². The van der Waals surface area contributed by atoms with Gasteiger partial charge in [0.1, 0.15) is 10.8 Å². The largest absolute Gasteiger partial charge is 0.360 e. The Balaban J connectivity index is 1.39. The Morgan fingerprint density at radius 1 is 1.23 bits per heavy atom. The molecule has 1 aromatic carbocycles. The van der Waals surface area contributed by atoms with Gasteiger partial charge in [0.15, 0.2) is 5.82 Å². The van der Waals surface area contributed by atoms with Crippen LogP contribution in [0.1, 0.15) is 27.7 Å². The molecule has 4 rings (SSSR count). The fourth-order valence-corrected chi connectivity index (χ4v) is 4.02. The summed E-state index contributed by atoms with van der Waals surface area (Å²) in [4.78, 5) is 16.8. The fraction of sp³-hybridized carbons (Fsp3) is 0.182. The molecule has 0 atom stereocenters. The molecule has 3 heterocycles. The van der Waals surface area contributed by atoms with E-state index >= 15 is 0 Å². The number of carbonyl (C=O) groups excluding carboxylic acids is 1. The maximum atomic E-state index is 12.2. The van der Waals surface area contributed by atoms with Gasteiger partial charge < -0.3 is 4.52 Å². The highest BCUT2D eigenvalue weighted by molar-refractivity contribution is 7.10. The summed E-state index contributed by atoms with van der Waals surface area (Å²) in [5.74, 6) is 1.27. The lowest BCUT2D eigenvalue weighted by Gasteiger charge is -2.03. The Morgan fingerprint density at radius 3 is 2.77 bits per heavy atom. The van der Waals surface area contributed by atoms with E-state index in [4.69, 9.17) is 4.52 Å². The minimum Gasteiger partial charge on any atom is -0.360 e. The van der Waals surface area contributed by atoms with Gasteiger partial charge in [-0.2, -0.15) is 5.10 Å². The van der Waals surface area contributed by atoms with E-state index in [2.05, 4.69) is 20.7 Å². The summed E-state index contributed by atoms with van der Waals surface area (Å²) in [5.41, 5.74) is 7.36. The molecule has 0 saturated heterocycles. The van der Waals surface area contributed by atoms with Crippen LogP contribution in [0.2, 0.25) is 0 Å². The van der Waals surface area contributed by atoms with Crippen molar-refractivity contribution in [3.05, 3.63) is 75.6 Å². The standard InChI is InChI=1S/C22H21N5O2S/c1-14-9-18(16(3)27(14)20-10-15(2)29-26-20)12-23-25-21(28)11-22-24-19(13-30-22)17-7-5-4-6-8-17/h4-10,12-13H,11H2,1-3H3,(H,25,28)/b23-12-. The molecule has 0 aliphatic carbocycles. The van der Waals surface area contributed by atoms with Crippen LogP contribution in [0.25, 0.3) is 17.1 Å². The molecule has 0 saturated carbocycles. The SMILES string of the molecule is Cc1cc(-n2c(C)cc(/C=N\NC(=O)Cc3nc(-c4ccccc4)cs3)c2C)no1. The molecule has 8 heteroatoms. The van der Waals surface area contributed by atoms with Crippen molar-refractivity contribution in [1.82, 2.24) is 20.1 Å². The maximum absolute atomic E-state index is 12.2. The molecule has 4 aromatic rings. The van der Waals surface area contributed by atoms with E-state index in [-0.39, 0.29) is 12.3 Å². The van der Waals surface area contributed by atoms with Crippen LogP contribution in [0.5, 0.6) is 0 Å². The van der Waals surface area contributed by atoms with Crippen LogP contribution in [0.4, 0.5) is 0 Å². The van der Waals surface area contributed by atoms with E-state index in [0.717, 1.165) is 44.8 Å². The van der Waals surface area contributed by atoms with E-state index in [1.165, 1.54) is 11.3 Å². The van der Waals surface area contributed by atoms with Gasteiger partial charge >= 0.3 is 0 Å². The number of nitrogens with zero attached hydrogens (tertiary/aromatic N) is 4. The second kappa shape index (κ2) is 8.46. The predicted molar refractivity (Wildman–Crippen MR) is 117 cm³/mol. The molecule has 0 spiro atoms. The van der Waals surface area contributed by atoms with Gasteiger partial charge in [0, 0.05) is 34.0 Å². The average molecular weight is 420 g/mol. The summed E-state index contributed by atoms with van der Waals surface area (Å²) in [6.45, 7) is 5.81. The van der Waals surface area contributed by atoms with Crippen molar-refractivity contribution in [2.24, 2.45) is 5.10 Å². The molecule has 30 heavy (non-hydrogen) atoms. The molecule has 7 nitrogen and oxygen atoms in total. The number of rotatable bonds is 6. The quantitative estimate of drug-likeness (QED) is 0.375. The smallest absolute Gasteiger partial charge is 0.246 e. The Labute approximate surface area is 178 Å². The lowest BCUT2D eigenvalue weighted by Crippen LogP contribution is -2.19. The van der Waals surface area contributed by atoms with Gasteiger partial charge in [-0.05, 0) is 26.8 Å². The topological polar surface area (TPSA) is 85.3 Å². The number of nitrogens with one attached hydrogen (secondary N) is 1. The summed E-state index contributed by atoms with van der Waals surface area (Å²) in [5, 5.41) is 10.9. The number of hydrogen-bond donors (Lipinski definition) is 1. The summed E-state index contributed by atoms with van der Waals surface area (Å²) >= 11 is 1.47. The van der Waals surface area contributed by atoms with Crippen molar-refractivity contribution in [3.63, 3.8) is 0 Å². The third-order valence-electron chi connectivity index (χ3n) is 4.64. The molecule has 3 aromatic heterocycles. The zero-order valence-electron chi connectivity index (χ0n) is 16.9. The lowest BCUT2D eigenvalue weighted by atomic mass is 10.2. The Kier molecular flexibility index (Phi) is 5.58. The molecule has 0 unspecified atom stereocenters. The molecule has 0 aliphatic heterocycles. The summed E-state index contributed by atoms with van der Waals surface area (Å²) < 4.78 is 7.16. The van der Waals surface area contributed by atoms with Crippen molar-refractivity contribution >= 4 is 23.5 Å². The van der Waals surface area contributed by atoms with Crippen LogP contribution < -0.4 is 5.43 Å². The molecule has 1 amide bonds. The number of aryl methyl sites for hydroxylation is 2.